The van der Waals surface area contributed by atoms with Crippen LogP contribution in [0.1, 0.15) is 29.1 Å². The van der Waals surface area contributed by atoms with E-state index in [4.69, 9.17) is 9.47 Å². The lowest BCUT2D eigenvalue weighted by atomic mass is 10.1. The first-order valence-electron chi connectivity index (χ1n) is 8.00. The van der Waals surface area contributed by atoms with Gasteiger partial charge in [0.2, 0.25) is 0 Å². The molecule has 26 heavy (non-hydrogen) atoms. The van der Waals surface area contributed by atoms with E-state index >= 15 is 0 Å². The van der Waals surface area contributed by atoms with Crippen LogP contribution in [-0.2, 0) is 21.2 Å². The van der Waals surface area contributed by atoms with Gasteiger partial charge in [-0.25, -0.2) is 13.2 Å². The summed E-state index contributed by atoms with van der Waals surface area (Å²) in [7, 11) is -2.80. The highest BCUT2D eigenvalue weighted by atomic mass is 32.2. The van der Waals surface area contributed by atoms with E-state index in [-0.39, 0.29) is 21.6 Å². The molecule has 0 spiro atoms. The van der Waals surface area contributed by atoms with Crippen LogP contribution >= 0.6 is 11.3 Å². The largest absolute Gasteiger partial charge is 0.492 e. The average Bonchev–Trinajstić information content (AvgIpc) is 3.20. The number of esters is 1. The van der Waals surface area contributed by atoms with Crippen LogP contribution in [-0.4, -0.2) is 34.2 Å². The van der Waals surface area contributed by atoms with Crippen molar-refractivity contribution in [3.05, 3.63) is 34.0 Å². The molecule has 2 heterocycles. The number of ether oxygens (including phenoxy) is 3. The van der Waals surface area contributed by atoms with Gasteiger partial charge in [-0.05, 0) is 31.4 Å². The lowest BCUT2D eigenvalue weighted by molar-refractivity contribution is 0.0602. The molecule has 7 nitrogen and oxygen atoms in total. The van der Waals surface area contributed by atoms with Gasteiger partial charge in [0.1, 0.15) is 27.4 Å². The maximum Gasteiger partial charge on any atom is 0.349 e. The standard InChI is InChI=1S/C17H19NO6S2/c1-4-23-14-8-11-7-10(2)24-13(11)9-12(14)18-26(20,21)15-5-6-25-16(15)17(19)22-3/h5-6,8-10,18H,4,7H2,1-3H3. The Hall–Kier alpha value is -2.26. The molecule has 1 aromatic carbocycles. The zero-order valence-electron chi connectivity index (χ0n) is 14.6. The first-order valence-corrected chi connectivity index (χ1v) is 10.4. The van der Waals surface area contributed by atoms with Crippen molar-refractivity contribution in [1.29, 1.82) is 0 Å². The second-order valence-electron chi connectivity index (χ2n) is 5.73. The molecule has 3 rings (SSSR count). The molecule has 0 saturated heterocycles. The third kappa shape index (κ3) is 3.49. The molecule has 0 bridgehead atoms. The molecule has 1 unspecified atom stereocenters. The Morgan fingerprint density at radius 1 is 1.42 bits per heavy atom. The number of hydrogen-bond acceptors (Lipinski definition) is 7. The van der Waals surface area contributed by atoms with Gasteiger partial charge in [-0.1, -0.05) is 0 Å². The molecule has 0 radical (unpaired) electrons. The molecule has 140 valence electrons. The molecule has 1 N–H and O–H groups in total. The molecule has 0 aliphatic carbocycles. The topological polar surface area (TPSA) is 90.9 Å². The molecular weight excluding hydrogens is 378 g/mol. The predicted octanol–water partition coefficient (Wildman–Crippen LogP) is 3.06. The van der Waals surface area contributed by atoms with E-state index in [2.05, 4.69) is 9.46 Å². The van der Waals surface area contributed by atoms with E-state index in [9.17, 15) is 13.2 Å². The molecule has 1 aliphatic heterocycles. The van der Waals surface area contributed by atoms with E-state index in [1.54, 1.807) is 12.1 Å². The van der Waals surface area contributed by atoms with Gasteiger partial charge in [-0.3, -0.25) is 4.72 Å². The Morgan fingerprint density at radius 3 is 2.88 bits per heavy atom. The number of nitrogens with one attached hydrogen (secondary N) is 1. The van der Waals surface area contributed by atoms with E-state index in [0.717, 1.165) is 23.3 Å². The number of thiophene rings is 1. The Morgan fingerprint density at radius 2 is 2.19 bits per heavy atom. The van der Waals surface area contributed by atoms with Crippen molar-refractivity contribution in [3.8, 4) is 11.5 Å². The minimum absolute atomic E-state index is 0.0176. The van der Waals surface area contributed by atoms with Crippen molar-refractivity contribution in [3.63, 3.8) is 0 Å². The Balaban J connectivity index is 1.99. The molecule has 0 fully saturated rings. The van der Waals surface area contributed by atoms with Crippen LogP contribution in [0, 0.1) is 0 Å². The predicted molar refractivity (Wildman–Crippen MR) is 97.9 cm³/mol. The van der Waals surface area contributed by atoms with Crippen molar-refractivity contribution in [2.24, 2.45) is 0 Å². The molecule has 9 heteroatoms. The number of benzene rings is 1. The maximum absolute atomic E-state index is 12.8. The smallest absolute Gasteiger partial charge is 0.349 e. The van der Waals surface area contributed by atoms with Crippen LogP contribution in [0.2, 0.25) is 0 Å². The Labute approximate surface area is 155 Å². The van der Waals surface area contributed by atoms with E-state index < -0.39 is 16.0 Å². The second-order valence-corrected chi connectivity index (χ2v) is 8.30. The van der Waals surface area contributed by atoms with Crippen LogP contribution in [0.3, 0.4) is 0 Å². The Kier molecular flexibility index (Phi) is 5.10. The van der Waals surface area contributed by atoms with Gasteiger partial charge in [0.15, 0.2) is 0 Å². The molecule has 1 atom stereocenters. The number of rotatable bonds is 6. The Bertz CT molecular complexity index is 935. The summed E-state index contributed by atoms with van der Waals surface area (Å²) in [6, 6.07) is 4.77. The first kappa shape index (κ1) is 18.5. The third-order valence-corrected chi connectivity index (χ3v) is 6.26. The van der Waals surface area contributed by atoms with Gasteiger partial charge >= 0.3 is 5.97 Å². The molecule has 1 aliphatic rings. The second kappa shape index (κ2) is 7.16. The SMILES string of the molecule is CCOc1cc2c(cc1NS(=O)(=O)c1ccsc1C(=O)OC)OC(C)C2. The number of carbonyl (C=O) groups is 1. The molecular formula is C17H19NO6S2. The number of fused-ring (bicyclic) bond motifs is 1. The van der Waals surface area contributed by atoms with Crippen LogP contribution in [0.25, 0.3) is 0 Å². The van der Waals surface area contributed by atoms with Gasteiger partial charge in [0, 0.05) is 18.1 Å². The van der Waals surface area contributed by atoms with Crippen molar-refractivity contribution < 1.29 is 27.4 Å². The molecule has 0 saturated carbocycles. The highest BCUT2D eigenvalue weighted by Crippen LogP contribution is 2.39. The summed E-state index contributed by atoms with van der Waals surface area (Å²) < 4.78 is 44.1. The van der Waals surface area contributed by atoms with Crippen molar-refractivity contribution in [2.45, 2.75) is 31.3 Å². The lowest BCUT2D eigenvalue weighted by Crippen LogP contribution is -2.16. The van der Waals surface area contributed by atoms with E-state index in [1.807, 2.05) is 13.8 Å². The van der Waals surface area contributed by atoms with Crippen LogP contribution in [0.15, 0.2) is 28.5 Å². The van der Waals surface area contributed by atoms with Crippen LogP contribution < -0.4 is 14.2 Å². The summed E-state index contributed by atoms with van der Waals surface area (Å²) in [6.07, 6.45) is 0.758. The summed E-state index contributed by atoms with van der Waals surface area (Å²) in [5.41, 5.74) is 1.23. The summed E-state index contributed by atoms with van der Waals surface area (Å²) in [4.78, 5) is 11.7. The van der Waals surface area contributed by atoms with Crippen molar-refractivity contribution in [1.82, 2.24) is 0 Å². The average molecular weight is 397 g/mol. The zero-order valence-corrected chi connectivity index (χ0v) is 16.2. The summed E-state index contributed by atoms with van der Waals surface area (Å²) in [6.45, 7) is 4.15. The number of hydrogen-bond donors (Lipinski definition) is 1. The van der Waals surface area contributed by atoms with Gasteiger partial charge in [-0.15, -0.1) is 11.3 Å². The normalized spacial score (nSPS) is 15.9. The fourth-order valence-electron chi connectivity index (χ4n) is 2.74. The molecule has 0 amide bonds. The monoisotopic (exact) mass is 397 g/mol. The van der Waals surface area contributed by atoms with Gasteiger partial charge in [0.05, 0.1) is 19.4 Å². The fourth-order valence-corrected chi connectivity index (χ4v) is 5.14. The van der Waals surface area contributed by atoms with Gasteiger partial charge < -0.3 is 14.2 Å². The zero-order chi connectivity index (χ0) is 18.9. The molecule has 2 aromatic rings. The minimum atomic E-state index is -4.00. The van der Waals surface area contributed by atoms with Gasteiger partial charge in [0.25, 0.3) is 10.0 Å². The van der Waals surface area contributed by atoms with Gasteiger partial charge in [-0.2, -0.15) is 0 Å². The quantitative estimate of drug-likeness (QED) is 0.754. The first-order chi connectivity index (χ1) is 12.4. The van der Waals surface area contributed by atoms with Crippen LogP contribution in [0.5, 0.6) is 11.5 Å². The van der Waals surface area contributed by atoms with E-state index in [0.29, 0.717) is 18.1 Å². The molecule has 1 aromatic heterocycles. The highest BCUT2D eigenvalue weighted by molar-refractivity contribution is 7.93. The minimum Gasteiger partial charge on any atom is -0.492 e. The van der Waals surface area contributed by atoms with Crippen molar-refractivity contribution in [2.75, 3.05) is 18.4 Å². The summed E-state index contributed by atoms with van der Waals surface area (Å²) in [5.74, 6) is 0.344. The number of methoxy groups -OCH3 is 1. The third-order valence-electron chi connectivity index (χ3n) is 3.83. The van der Waals surface area contributed by atoms with Crippen LogP contribution in [0.4, 0.5) is 5.69 Å². The van der Waals surface area contributed by atoms with Crippen molar-refractivity contribution >= 4 is 33.0 Å². The summed E-state index contributed by atoms with van der Waals surface area (Å²) in [5, 5.41) is 1.53. The fraction of sp³-hybridized carbons (Fsp3) is 0.353. The summed E-state index contributed by atoms with van der Waals surface area (Å²) >= 11 is 1.00. The number of anilines is 1. The number of sulfonamides is 1. The number of carbonyl (C=O) groups excluding carboxylic acids is 1. The highest BCUT2D eigenvalue weighted by Gasteiger charge is 2.28. The lowest BCUT2D eigenvalue weighted by Gasteiger charge is -2.14. The van der Waals surface area contributed by atoms with E-state index in [1.165, 1.54) is 18.6 Å². The maximum atomic E-state index is 12.8.